The van der Waals surface area contributed by atoms with E-state index in [1.54, 1.807) is 24.3 Å². The van der Waals surface area contributed by atoms with Crippen LogP contribution in [-0.2, 0) is 4.79 Å². The van der Waals surface area contributed by atoms with Crippen LogP contribution in [0.15, 0.2) is 36.4 Å². The zero-order valence-corrected chi connectivity index (χ0v) is 18.7. The fourth-order valence-electron chi connectivity index (χ4n) is 5.02. The number of carboxylic acid groups (broad SMARTS) is 1. The van der Waals surface area contributed by atoms with Gasteiger partial charge in [-0.05, 0) is 66.1 Å². The summed E-state index contributed by atoms with van der Waals surface area (Å²) in [6, 6.07) is 9.85. The average Bonchev–Trinajstić information content (AvgIpc) is 3.16. The second kappa shape index (κ2) is 8.99. The highest BCUT2D eigenvalue weighted by atomic mass is 35.5. The number of carbonyl (C=O) groups is 2. The molecule has 0 spiro atoms. The summed E-state index contributed by atoms with van der Waals surface area (Å²) in [4.78, 5) is 23.7. The lowest BCUT2D eigenvalue weighted by Gasteiger charge is -2.37. The fraction of sp³-hybridized carbons (Fsp3) is 0.417. The molecule has 32 heavy (non-hydrogen) atoms. The van der Waals surface area contributed by atoms with Gasteiger partial charge in [0.25, 0.3) is 0 Å². The topological polar surface area (TPSA) is 66.4 Å². The molecule has 2 fully saturated rings. The highest BCUT2D eigenvalue weighted by Gasteiger charge is 2.44. The van der Waals surface area contributed by atoms with Gasteiger partial charge in [-0.3, -0.25) is 4.79 Å². The zero-order chi connectivity index (χ0) is 23.0. The molecule has 2 aromatic rings. The Bertz CT molecular complexity index is 1010. The number of aromatic carboxylic acids is 1. The van der Waals surface area contributed by atoms with E-state index < -0.39 is 11.9 Å². The third kappa shape index (κ3) is 4.62. The second-order valence-corrected chi connectivity index (χ2v) is 9.46. The van der Waals surface area contributed by atoms with Gasteiger partial charge in [-0.25, -0.2) is 13.6 Å². The number of alkyl halides is 2. The van der Waals surface area contributed by atoms with E-state index in [0.29, 0.717) is 47.0 Å². The van der Waals surface area contributed by atoms with Crippen molar-refractivity contribution < 1.29 is 23.5 Å². The van der Waals surface area contributed by atoms with Crippen molar-refractivity contribution in [1.29, 1.82) is 0 Å². The molecule has 1 aliphatic carbocycles. The highest BCUT2D eigenvalue weighted by molar-refractivity contribution is 6.36. The highest BCUT2D eigenvalue weighted by Crippen LogP contribution is 2.50. The summed E-state index contributed by atoms with van der Waals surface area (Å²) in [5, 5.41) is 12.7. The van der Waals surface area contributed by atoms with Gasteiger partial charge in [0.1, 0.15) is 0 Å². The van der Waals surface area contributed by atoms with Crippen LogP contribution in [0.5, 0.6) is 0 Å². The quantitative estimate of drug-likeness (QED) is 0.518. The Morgan fingerprint density at radius 2 is 1.62 bits per heavy atom. The standard InChI is InChI=1S/C24H23Cl2F2NO3/c25-18-11-16(13-1-3-15(4-2-13)23(31)32)12-19(26)21(18)20(17-7-10-29-22(17)30)14-5-8-24(27,28)9-6-14/h1-4,11-12,14,17,20H,5-10H2,(H,29,30)(H,31,32)/t17?,20-/m1/s1. The van der Waals surface area contributed by atoms with E-state index in [4.69, 9.17) is 28.3 Å². The number of benzene rings is 2. The van der Waals surface area contributed by atoms with Gasteiger partial charge in [-0.2, -0.15) is 0 Å². The number of carbonyl (C=O) groups excluding carboxylic acids is 1. The lowest BCUT2D eigenvalue weighted by molar-refractivity contribution is -0.123. The van der Waals surface area contributed by atoms with Crippen molar-refractivity contribution in [2.45, 2.75) is 43.9 Å². The number of nitrogens with one attached hydrogen (secondary N) is 1. The monoisotopic (exact) mass is 481 g/mol. The van der Waals surface area contributed by atoms with Gasteiger partial charge in [0.05, 0.1) is 5.56 Å². The van der Waals surface area contributed by atoms with E-state index in [0.717, 1.165) is 5.56 Å². The summed E-state index contributed by atoms with van der Waals surface area (Å²) in [6.45, 7) is 0.548. The van der Waals surface area contributed by atoms with Gasteiger partial charge in [0.2, 0.25) is 11.8 Å². The molecule has 4 rings (SSSR count). The molecule has 170 valence electrons. The largest absolute Gasteiger partial charge is 0.478 e. The third-order valence-electron chi connectivity index (χ3n) is 6.67. The van der Waals surface area contributed by atoms with Crippen LogP contribution in [0.4, 0.5) is 8.78 Å². The minimum absolute atomic E-state index is 0.0900. The van der Waals surface area contributed by atoms with Crippen LogP contribution >= 0.6 is 23.2 Å². The maximum atomic E-state index is 13.8. The first-order chi connectivity index (χ1) is 15.2. The normalized spacial score (nSPS) is 21.9. The average molecular weight is 482 g/mol. The molecule has 0 aromatic heterocycles. The second-order valence-electron chi connectivity index (χ2n) is 8.64. The first kappa shape index (κ1) is 23.0. The molecule has 0 bridgehead atoms. The molecule has 2 aromatic carbocycles. The number of hydrogen-bond donors (Lipinski definition) is 2. The number of halogens is 4. The van der Waals surface area contributed by atoms with E-state index in [1.807, 2.05) is 0 Å². The zero-order valence-electron chi connectivity index (χ0n) is 17.2. The van der Waals surface area contributed by atoms with Crippen LogP contribution < -0.4 is 5.32 Å². The molecule has 1 unspecified atom stereocenters. The van der Waals surface area contributed by atoms with Crippen molar-refractivity contribution in [3.05, 3.63) is 57.6 Å². The Balaban J connectivity index is 1.71. The Hall–Kier alpha value is -2.18. The molecule has 0 radical (unpaired) electrons. The van der Waals surface area contributed by atoms with Crippen molar-refractivity contribution >= 4 is 35.1 Å². The molecule has 1 saturated carbocycles. The Morgan fingerprint density at radius 1 is 1.03 bits per heavy atom. The van der Waals surface area contributed by atoms with Gasteiger partial charge < -0.3 is 10.4 Å². The molecule has 1 heterocycles. The van der Waals surface area contributed by atoms with Crippen molar-refractivity contribution in [1.82, 2.24) is 5.32 Å². The Morgan fingerprint density at radius 3 is 2.12 bits per heavy atom. The van der Waals surface area contributed by atoms with Crippen molar-refractivity contribution in [3.8, 4) is 11.1 Å². The number of hydrogen-bond acceptors (Lipinski definition) is 2. The minimum Gasteiger partial charge on any atom is -0.478 e. The summed E-state index contributed by atoms with van der Waals surface area (Å²) >= 11 is 13.4. The number of carboxylic acids is 1. The molecule has 1 aliphatic heterocycles. The van der Waals surface area contributed by atoms with Crippen LogP contribution in [0.1, 0.15) is 53.9 Å². The van der Waals surface area contributed by atoms with Crippen molar-refractivity contribution in [3.63, 3.8) is 0 Å². The Labute approximate surface area is 194 Å². The molecular formula is C24H23Cl2F2NO3. The van der Waals surface area contributed by atoms with Crippen LogP contribution in [0.25, 0.3) is 11.1 Å². The van der Waals surface area contributed by atoms with Gasteiger partial charge in [0.15, 0.2) is 0 Å². The maximum Gasteiger partial charge on any atom is 0.335 e. The molecule has 2 atom stereocenters. The lowest BCUT2D eigenvalue weighted by Crippen LogP contribution is -2.33. The van der Waals surface area contributed by atoms with Crippen LogP contribution in [0, 0.1) is 11.8 Å². The minimum atomic E-state index is -2.67. The first-order valence-corrected chi connectivity index (χ1v) is 11.4. The van der Waals surface area contributed by atoms with E-state index in [2.05, 4.69) is 5.32 Å². The van der Waals surface area contributed by atoms with E-state index >= 15 is 0 Å². The van der Waals surface area contributed by atoms with E-state index in [1.165, 1.54) is 12.1 Å². The van der Waals surface area contributed by atoms with Crippen LogP contribution in [-0.4, -0.2) is 29.5 Å². The fourth-order valence-corrected chi connectivity index (χ4v) is 5.76. The molecule has 4 nitrogen and oxygen atoms in total. The summed E-state index contributed by atoms with van der Waals surface area (Å²) in [7, 11) is 0. The Kier molecular flexibility index (Phi) is 6.46. The van der Waals surface area contributed by atoms with Gasteiger partial charge in [-0.1, -0.05) is 35.3 Å². The summed E-state index contributed by atoms with van der Waals surface area (Å²) in [5.74, 6) is -4.58. The molecule has 2 aliphatic rings. The predicted molar refractivity (Wildman–Crippen MR) is 120 cm³/mol. The molecule has 2 N–H and O–H groups in total. The third-order valence-corrected chi connectivity index (χ3v) is 7.30. The summed E-state index contributed by atoms with van der Waals surface area (Å²) in [6.07, 6.45) is 0.831. The summed E-state index contributed by atoms with van der Waals surface area (Å²) in [5.41, 5.74) is 2.27. The van der Waals surface area contributed by atoms with Gasteiger partial charge in [-0.15, -0.1) is 0 Å². The molecular weight excluding hydrogens is 459 g/mol. The van der Waals surface area contributed by atoms with E-state index in [-0.39, 0.29) is 42.1 Å². The smallest absolute Gasteiger partial charge is 0.335 e. The van der Waals surface area contributed by atoms with E-state index in [9.17, 15) is 18.4 Å². The van der Waals surface area contributed by atoms with Crippen molar-refractivity contribution in [2.24, 2.45) is 11.8 Å². The van der Waals surface area contributed by atoms with Crippen LogP contribution in [0.2, 0.25) is 10.0 Å². The SMILES string of the molecule is O=C(O)c1ccc(-c2cc(Cl)c([C@H](C3CCC(F)(F)CC3)C3CCNC3=O)c(Cl)c2)cc1. The van der Waals surface area contributed by atoms with Gasteiger partial charge in [0, 0.05) is 41.3 Å². The molecule has 1 amide bonds. The maximum absolute atomic E-state index is 13.8. The summed E-state index contributed by atoms with van der Waals surface area (Å²) < 4.78 is 27.6. The number of amides is 1. The molecule has 8 heteroatoms. The predicted octanol–water partition coefficient (Wildman–Crippen LogP) is 6.40. The van der Waals surface area contributed by atoms with Crippen LogP contribution in [0.3, 0.4) is 0 Å². The lowest BCUT2D eigenvalue weighted by atomic mass is 9.69. The van der Waals surface area contributed by atoms with Crippen molar-refractivity contribution in [2.75, 3.05) is 6.54 Å². The first-order valence-electron chi connectivity index (χ1n) is 10.6. The number of rotatable bonds is 5. The molecule has 1 saturated heterocycles. The van der Waals surface area contributed by atoms with Gasteiger partial charge >= 0.3 is 5.97 Å².